The summed E-state index contributed by atoms with van der Waals surface area (Å²) in [6.07, 6.45) is 2.76. The van der Waals surface area contributed by atoms with E-state index in [4.69, 9.17) is 10.8 Å². The Hall–Kier alpha value is -1.81. The number of hydrogen-bond donors (Lipinski definition) is 5. The molecule has 29 heavy (non-hydrogen) atoms. The largest absolute Gasteiger partial charge is 0.480 e. The number of carbonyl (C=O) groups excluding carboxylic acids is 3. The molecule has 3 amide bonds. The zero-order chi connectivity index (χ0) is 22.7. The van der Waals surface area contributed by atoms with E-state index >= 15 is 0 Å². The maximum Gasteiger partial charge on any atom is 0.325 e. The maximum absolute atomic E-state index is 12.8. The van der Waals surface area contributed by atoms with Gasteiger partial charge in [-0.05, 0) is 43.6 Å². The number of thioether (sulfide) groups is 1. The van der Waals surface area contributed by atoms with E-state index in [0.717, 1.165) is 0 Å². The van der Waals surface area contributed by atoms with E-state index in [-0.39, 0.29) is 11.8 Å². The van der Waals surface area contributed by atoms with E-state index in [2.05, 4.69) is 16.0 Å². The predicted octanol–water partition coefficient (Wildman–Crippen LogP) is 0.328. The third-order valence-corrected chi connectivity index (χ3v) is 4.93. The summed E-state index contributed by atoms with van der Waals surface area (Å²) in [5.41, 5.74) is 5.91. The van der Waals surface area contributed by atoms with Gasteiger partial charge >= 0.3 is 5.97 Å². The monoisotopic (exact) mass is 432 g/mol. The van der Waals surface area contributed by atoms with Crippen LogP contribution >= 0.6 is 11.8 Å². The van der Waals surface area contributed by atoms with Gasteiger partial charge in [0.25, 0.3) is 0 Å². The summed E-state index contributed by atoms with van der Waals surface area (Å²) < 4.78 is 0. The molecule has 0 aliphatic rings. The molecule has 0 saturated heterocycles. The fourth-order valence-electron chi connectivity index (χ4n) is 2.55. The highest BCUT2D eigenvalue weighted by Gasteiger charge is 2.30. The summed E-state index contributed by atoms with van der Waals surface area (Å²) >= 11 is 1.53. The van der Waals surface area contributed by atoms with Crippen molar-refractivity contribution < 1.29 is 24.3 Å². The van der Waals surface area contributed by atoms with Crippen molar-refractivity contribution in [1.29, 1.82) is 0 Å². The number of nitrogens with two attached hydrogens (primary N) is 1. The van der Waals surface area contributed by atoms with Crippen LogP contribution in [0.2, 0.25) is 0 Å². The van der Waals surface area contributed by atoms with E-state index in [0.29, 0.717) is 18.6 Å². The number of carboxylic acids is 1. The maximum atomic E-state index is 12.8. The Morgan fingerprint density at radius 2 is 1.52 bits per heavy atom. The Morgan fingerprint density at radius 3 is 1.97 bits per heavy atom. The van der Waals surface area contributed by atoms with E-state index in [1.807, 2.05) is 20.1 Å². The fraction of sp³-hybridized carbons (Fsp3) is 0.789. The van der Waals surface area contributed by atoms with Crippen molar-refractivity contribution >= 4 is 35.5 Å². The molecular weight excluding hydrogens is 396 g/mol. The molecule has 0 aromatic carbocycles. The minimum absolute atomic E-state index is 0.236. The molecule has 0 aromatic heterocycles. The van der Waals surface area contributed by atoms with Gasteiger partial charge in [0, 0.05) is 0 Å². The molecule has 0 heterocycles. The zero-order valence-corrected chi connectivity index (χ0v) is 19.0. The molecule has 0 aliphatic carbocycles. The minimum Gasteiger partial charge on any atom is -0.480 e. The molecule has 0 fully saturated rings. The Kier molecular flexibility index (Phi) is 12.6. The van der Waals surface area contributed by atoms with Crippen LogP contribution in [0.25, 0.3) is 0 Å². The van der Waals surface area contributed by atoms with Crippen LogP contribution in [0.4, 0.5) is 0 Å². The molecule has 0 spiro atoms. The van der Waals surface area contributed by atoms with Crippen LogP contribution in [0.3, 0.4) is 0 Å². The minimum atomic E-state index is -1.17. The summed E-state index contributed by atoms with van der Waals surface area (Å²) in [5.74, 6) is -2.08. The SMILES string of the molecule is CSCCC(NC(=O)C(N)CC(C)C)C(=O)NC(C(=O)NC(C)C(=O)O)C(C)C. The van der Waals surface area contributed by atoms with E-state index in [1.165, 1.54) is 18.7 Å². The van der Waals surface area contributed by atoms with Crippen LogP contribution in [0.1, 0.15) is 47.5 Å². The van der Waals surface area contributed by atoms with E-state index < -0.39 is 47.9 Å². The number of nitrogens with one attached hydrogen (secondary N) is 3. The zero-order valence-electron chi connectivity index (χ0n) is 18.2. The summed E-state index contributed by atoms with van der Waals surface area (Å²) in [4.78, 5) is 48.6. The van der Waals surface area contributed by atoms with Crippen LogP contribution in [0, 0.1) is 11.8 Å². The summed E-state index contributed by atoms with van der Waals surface area (Å²) in [5, 5.41) is 16.7. The first kappa shape index (κ1) is 27.2. The number of carbonyl (C=O) groups is 4. The van der Waals surface area contributed by atoms with E-state index in [9.17, 15) is 19.2 Å². The molecule has 10 heteroatoms. The van der Waals surface area contributed by atoms with Gasteiger partial charge in [-0.2, -0.15) is 11.8 Å². The molecular formula is C19H36N4O5S. The first-order valence-corrected chi connectivity index (χ1v) is 11.2. The molecule has 6 N–H and O–H groups in total. The van der Waals surface area contributed by atoms with Crippen molar-refractivity contribution in [2.75, 3.05) is 12.0 Å². The molecule has 4 atom stereocenters. The number of rotatable bonds is 13. The van der Waals surface area contributed by atoms with Crippen molar-refractivity contribution in [2.24, 2.45) is 17.6 Å². The number of carboxylic acid groups (broad SMARTS) is 1. The fourth-order valence-corrected chi connectivity index (χ4v) is 3.02. The van der Waals surface area contributed by atoms with Crippen LogP contribution in [-0.2, 0) is 19.2 Å². The predicted molar refractivity (Wildman–Crippen MR) is 114 cm³/mol. The van der Waals surface area contributed by atoms with Crippen LogP contribution in [-0.4, -0.2) is 65.0 Å². The van der Waals surface area contributed by atoms with Crippen LogP contribution < -0.4 is 21.7 Å². The number of aliphatic carboxylic acids is 1. The van der Waals surface area contributed by atoms with Gasteiger partial charge in [0.2, 0.25) is 17.7 Å². The summed E-state index contributed by atoms with van der Waals surface area (Å²) in [6.45, 7) is 8.73. The van der Waals surface area contributed by atoms with Crippen molar-refractivity contribution in [3.8, 4) is 0 Å². The number of hydrogen-bond acceptors (Lipinski definition) is 6. The average molecular weight is 433 g/mol. The number of amides is 3. The Morgan fingerprint density at radius 1 is 0.931 bits per heavy atom. The Bertz CT molecular complexity index is 571. The lowest BCUT2D eigenvalue weighted by molar-refractivity contribution is -0.142. The lowest BCUT2D eigenvalue weighted by Crippen LogP contribution is -2.58. The van der Waals surface area contributed by atoms with Gasteiger partial charge in [-0.15, -0.1) is 0 Å². The topological polar surface area (TPSA) is 151 Å². The highest BCUT2D eigenvalue weighted by molar-refractivity contribution is 7.98. The lowest BCUT2D eigenvalue weighted by atomic mass is 10.0. The highest BCUT2D eigenvalue weighted by atomic mass is 32.2. The first-order valence-electron chi connectivity index (χ1n) is 9.79. The van der Waals surface area contributed by atoms with Gasteiger partial charge in [-0.25, -0.2) is 0 Å². The van der Waals surface area contributed by atoms with Gasteiger partial charge in [-0.1, -0.05) is 27.7 Å². The van der Waals surface area contributed by atoms with Gasteiger partial charge in [0.1, 0.15) is 18.1 Å². The standard InChI is InChI=1S/C19H36N4O5S/c1-10(2)9-13(20)16(24)22-14(7-8-29-6)17(25)23-15(11(3)4)18(26)21-12(5)19(27)28/h10-15H,7-9,20H2,1-6H3,(H,21,26)(H,22,24)(H,23,25)(H,27,28). The summed E-state index contributed by atoms with van der Waals surface area (Å²) in [6, 6.07) is -3.57. The second kappa shape index (κ2) is 13.4. The quantitative estimate of drug-likeness (QED) is 0.281. The Balaban J connectivity index is 5.21. The van der Waals surface area contributed by atoms with Gasteiger partial charge in [0.05, 0.1) is 6.04 Å². The average Bonchev–Trinajstić information content (AvgIpc) is 2.61. The normalized spacial score (nSPS) is 15.3. The highest BCUT2D eigenvalue weighted by Crippen LogP contribution is 2.08. The van der Waals surface area contributed by atoms with E-state index in [1.54, 1.807) is 13.8 Å². The van der Waals surface area contributed by atoms with Crippen molar-refractivity contribution in [2.45, 2.75) is 71.6 Å². The molecule has 0 rings (SSSR count). The molecule has 9 nitrogen and oxygen atoms in total. The second-order valence-electron chi connectivity index (χ2n) is 7.88. The van der Waals surface area contributed by atoms with Gasteiger partial charge < -0.3 is 26.8 Å². The molecule has 4 unspecified atom stereocenters. The summed E-state index contributed by atoms with van der Waals surface area (Å²) in [7, 11) is 0. The van der Waals surface area contributed by atoms with Crippen molar-refractivity contribution in [1.82, 2.24) is 16.0 Å². The Labute approximate surface area is 177 Å². The molecule has 0 radical (unpaired) electrons. The van der Waals surface area contributed by atoms with Gasteiger partial charge in [-0.3, -0.25) is 19.2 Å². The smallest absolute Gasteiger partial charge is 0.325 e. The molecule has 0 aromatic rings. The van der Waals surface area contributed by atoms with Crippen LogP contribution in [0.15, 0.2) is 0 Å². The molecule has 0 saturated carbocycles. The first-order chi connectivity index (χ1) is 13.4. The third kappa shape index (κ3) is 10.5. The van der Waals surface area contributed by atoms with Crippen molar-refractivity contribution in [3.63, 3.8) is 0 Å². The molecule has 0 bridgehead atoms. The third-order valence-electron chi connectivity index (χ3n) is 4.28. The molecule has 168 valence electrons. The molecule has 0 aliphatic heterocycles. The van der Waals surface area contributed by atoms with Gasteiger partial charge in [0.15, 0.2) is 0 Å². The van der Waals surface area contributed by atoms with Crippen molar-refractivity contribution in [3.05, 3.63) is 0 Å². The second-order valence-corrected chi connectivity index (χ2v) is 8.86. The lowest BCUT2D eigenvalue weighted by Gasteiger charge is -2.26. The van der Waals surface area contributed by atoms with Crippen LogP contribution in [0.5, 0.6) is 0 Å².